The SMILES string of the molecule is C=CC=C(C=CC)C(c1ccccc1)C1CN2CC(C(c3ccccc3)c3ccccc3)N=C2N1. The quantitative estimate of drug-likeness (QED) is 0.400. The molecule has 1 N–H and O–H groups in total. The second-order valence-electron chi connectivity index (χ2n) is 9.27. The fourth-order valence-electron chi connectivity index (χ4n) is 5.57. The van der Waals surface area contributed by atoms with Crippen LogP contribution in [0.1, 0.15) is 35.4 Å². The number of nitrogens with zero attached hydrogens (tertiary/aromatic N) is 2. The molecule has 2 heterocycles. The monoisotopic (exact) mass is 459 g/mol. The third kappa shape index (κ3) is 4.85. The average Bonchev–Trinajstić information content (AvgIpc) is 3.46. The Labute approximate surface area is 209 Å². The van der Waals surface area contributed by atoms with Gasteiger partial charge in [0, 0.05) is 24.9 Å². The topological polar surface area (TPSA) is 27.6 Å². The number of rotatable bonds is 8. The number of hydrogen-bond donors (Lipinski definition) is 1. The Bertz CT molecular complexity index is 1170. The fraction of sp³-hybridized carbons (Fsp3) is 0.219. The molecule has 1 fully saturated rings. The lowest BCUT2D eigenvalue weighted by atomic mass is 9.83. The predicted molar refractivity (Wildman–Crippen MR) is 147 cm³/mol. The highest BCUT2D eigenvalue weighted by Gasteiger charge is 2.41. The Kier molecular flexibility index (Phi) is 6.94. The number of aliphatic imine (C=N–C) groups is 1. The summed E-state index contributed by atoms with van der Waals surface area (Å²) >= 11 is 0. The highest BCUT2D eigenvalue weighted by atomic mass is 15.4. The van der Waals surface area contributed by atoms with Crippen LogP contribution in [0.25, 0.3) is 0 Å². The van der Waals surface area contributed by atoms with Crippen LogP contribution in [-0.4, -0.2) is 36.0 Å². The molecule has 3 atom stereocenters. The first-order valence-electron chi connectivity index (χ1n) is 12.5. The van der Waals surface area contributed by atoms with Gasteiger partial charge in [-0.2, -0.15) is 0 Å². The van der Waals surface area contributed by atoms with Crippen molar-refractivity contribution < 1.29 is 0 Å². The largest absolute Gasteiger partial charge is 0.351 e. The van der Waals surface area contributed by atoms with Crippen molar-refractivity contribution in [2.75, 3.05) is 13.1 Å². The summed E-state index contributed by atoms with van der Waals surface area (Å²) in [6, 6.07) is 32.8. The highest BCUT2D eigenvalue weighted by Crippen LogP contribution is 2.36. The molecule has 0 amide bonds. The Balaban J connectivity index is 1.45. The van der Waals surface area contributed by atoms with E-state index in [2.05, 4.69) is 133 Å². The van der Waals surface area contributed by atoms with Crippen LogP contribution in [0, 0.1) is 0 Å². The molecule has 0 aromatic heterocycles. The molecule has 1 saturated heterocycles. The Morgan fingerprint density at radius 2 is 1.46 bits per heavy atom. The lowest BCUT2D eigenvalue weighted by molar-refractivity contribution is 0.399. The van der Waals surface area contributed by atoms with Crippen molar-refractivity contribution in [1.82, 2.24) is 10.2 Å². The molecule has 2 aliphatic rings. The minimum atomic E-state index is 0.178. The van der Waals surface area contributed by atoms with E-state index in [1.54, 1.807) is 0 Å². The van der Waals surface area contributed by atoms with E-state index < -0.39 is 0 Å². The number of guanidine groups is 1. The van der Waals surface area contributed by atoms with Crippen molar-refractivity contribution in [3.05, 3.63) is 144 Å². The molecule has 0 bridgehead atoms. The number of hydrogen-bond acceptors (Lipinski definition) is 3. The zero-order valence-electron chi connectivity index (χ0n) is 20.3. The van der Waals surface area contributed by atoms with Crippen LogP contribution in [0.4, 0.5) is 0 Å². The van der Waals surface area contributed by atoms with Gasteiger partial charge in [0.05, 0.1) is 12.1 Å². The number of allylic oxidation sites excluding steroid dienone is 4. The summed E-state index contributed by atoms with van der Waals surface area (Å²) in [5.41, 5.74) is 5.20. The summed E-state index contributed by atoms with van der Waals surface area (Å²) in [7, 11) is 0. The van der Waals surface area contributed by atoms with Crippen LogP contribution in [0.5, 0.6) is 0 Å². The molecule has 0 saturated carbocycles. The van der Waals surface area contributed by atoms with Crippen molar-refractivity contribution >= 4 is 5.96 Å². The van der Waals surface area contributed by atoms with Gasteiger partial charge in [0.2, 0.25) is 0 Å². The maximum atomic E-state index is 5.25. The molecule has 0 spiro atoms. The molecular formula is C32H33N3. The van der Waals surface area contributed by atoms with Crippen molar-refractivity contribution in [2.24, 2.45) is 4.99 Å². The molecule has 5 rings (SSSR count). The van der Waals surface area contributed by atoms with E-state index in [0.717, 1.165) is 19.0 Å². The number of fused-ring (bicyclic) bond motifs is 1. The van der Waals surface area contributed by atoms with Crippen LogP contribution in [0.15, 0.2) is 132 Å². The number of benzene rings is 3. The molecule has 35 heavy (non-hydrogen) atoms. The van der Waals surface area contributed by atoms with Gasteiger partial charge in [-0.25, -0.2) is 4.99 Å². The van der Waals surface area contributed by atoms with Gasteiger partial charge in [-0.15, -0.1) is 0 Å². The molecule has 3 aromatic carbocycles. The van der Waals surface area contributed by atoms with E-state index in [0.29, 0.717) is 0 Å². The smallest absolute Gasteiger partial charge is 0.194 e. The first kappa shape index (κ1) is 22.9. The normalized spacial score (nSPS) is 20.6. The number of nitrogens with one attached hydrogen (secondary N) is 1. The first-order valence-corrected chi connectivity index (χ1v) is 12.5. The summed E-state index contributed by atoms with van der Waals surface area (Å²) in [6.45, 7) is 7.88. The molecule has 0 aliphatic carbocycles. The molecule has 3 aromatic rings. The summed E-state index contributed by atoms with van der Waals surface area (Å²) in [4.78, 5) is 7.69. The van der Waals surface area contributed by atoms with Gasteiger partial charge in [-0.1, -0.05) is 122 Å². The van der Waals surface area contributed by atoms with Crippen LogP contribution in [-0.2, 0) is 0 Å². The zero-order chi connectivity index (χ0) is 24.0. The second kappa shape index (κ2) is 10.6. The van der Waals surface area contributed by atoms with Gasteiger partial charge in [-0.05, 0) is 29.2 Å². The second-order valence-corrected chi connectivity index (χ2v) is 9.27. The van der Waals surface area contributed by atoms with Gasteiger partial charge in [0.25, 0.3) is 0 Å². The molecule has 3 nitrogen and oxygen atoms in total. The summed E-state index contributed by atoms with van der Waals surface area (Å²) in [5, 5.41) is 3.80. The highest BCUT2D eigenvalue weighted by molar-refractivity contribution is 5.85. The third-order valence-electron chi connectivity index (χ3n) is 7.02. The van der Waals surface area contributed by atoms with E-state index in [-0.39, 0.29) is 23.9 Å². The summed E-state index contributed by atoms with van der Waals surface area (Å²) in [5.74, 6) is 1.48. The standard InChI is InChI=1S/C32H33N3/c1-3-14-24(15-4-2)30(25-16-8-5-9-17-25)28-22-35-23-29(34-32(35)33-28)31(26-18-10-6-11-19-26)27-20-12-7-13-21-27/h3-21,28-31H,1,22-23H2,2H3,(H,33,34). The molecule has 2 aliphatic heterocycles. The van der Waals surface area contributed by atoms with E-state index >= 15 is 0 Å². The molecule has 3 heteroatoms. The lowest BCUT2D eigenvalue weighted by Gasteiger charge is -2.27. The van der Waals surface area contributed by atoms with Gasteiger partial charge in [0.15, 0.2) is 5.96 Å². The maximum Gasteiger partial charge on any atom is 0.194 e. The molecule has 3 unspecified atom stereocenters. The molecule has 0 radical (unpaired) electrons. The molecule has 176 valence electrons. The van der Waals surface area contributed by atoms with Crippen LogP contribution in [0.2, 0.25) is 0 Å². The van der Waals surface area contributed by atoms with E-state index in [9.17, 15) is 0 Å². The van der Waals surface area contributed by atoms with Gasteiger partial charge < -0.3 is 10.2 Å². The van der Waals surface area contributed by atoms with E-state index in [4.69, 9.17) is 4.99 Å². The van der Waals surface area contributed by atoms with Crippen molar-refractivity contribution in [3.8, 4) is 0 Å². The third-order valence-corrected chi connectivity index (χ3v) is 7.02. The van der Waals surface area contributed by atoms with Crippen LogP contribution in [0.3, 0.4) is 0 Å². The van der Waals surface area contributed by atoms with Crippen LogP contribution >= 0.6 is 0 Å². The Morgan fingerprint density at radius 3 is 1.97 bits per heavy atom. The van der Waals surface area contributed by atoms with E-state index in [1.807, 2.05) is 6.08 Å². The summed E-state index contributed by atoms with van der Waals surface area (Å²) in [6.07, 6.45) is 8.34. The van der Waals surface area contributed by atoms with Crippen molar-refractivity contribution in [2.45, 2.75) is 30.8 Å². The predicted octanol–water partition coefficient (Wildman–Crippen LogP) is 6.30. The first-order chi connectivity index (χ1) is 17.3. The van der Waals surface area contributed by atoms with Gasteiger partial charge >= 0.3 is 0 Å². The Morgan fingerprint density at radius 1 is 0.886 bits per heavy atom. The Hall–Kier alpha value is -3.85. The van der Waals surface area contributed by atoms with Gasteiger partial charge in [0.1, 0.15) is 0 Å². The summed E-state index contributed by atoms with van der Waals surface area (Å²) < 4.78 is 0. The average molecular weight is 460 g/mol. The van der Waals surface area contributed by atoms with Crippen LogP contribution < -0.4 is 5.32 Å². The maximum absolute atomic E-state index is 5.25. The van der Waals surface area contributed by atoms with Crippen molar-refractivity contribution in [1.29, 1.82) is 0 Å². The zero-order valence-corrected chi connectivity index (χ0v) is 20.3. The van der Waals surface area contributed by atoms with Gasteiger partial charge in [-0.3, -0.25) is 0 Å². The molecular weight excluding hydrogens is 426 g/mol. The minimum absolute atomic E-state index is 0.178. The van der Waals surface area contributed by atoms with E-state index in [1.165, 1.54) is 22.3 Å². The minimum Gasteiger partial charge on any atom is -0.351 e. The fourth-order valence-corrected chi connectivity index (χ4v) is 5.57. The van der Waals surface area contributed by atoms with Crippen molar-refractivity contribution in [3.63, 3.8) is 0 Å². The lowest BCUT2D eigenvalue weighted by Crippen LogP contribution is -2.35.